The van der Waals surface area contributed by atoms with Crippen molar-refractivity contribution in [3.05, 3.63) is 23.8 Å². The number of Topliss-reactive ketones (excluding diaryl/α,β-unsaturated/α-hetero) is 1. The molecule has 0 spiro atoms. The van der Waals surface area contributed by atoms with Crippen molar-refractivity contribution in [3.63, 3.8) is 0 Å². The predicted octanol–water partition coefficient (Wildman–Crippen LogP) is 1.67. The molecule has 4 rings (SSSR count). The molecule has 5 unspecified atom stereocenters. The zero-order valence-electron chi connectivity index (χ0n) is 17.2. The molecule has 4 aliphatic carbocycles. The van der Waals surface area contributed by atoms with Gasteiger partial charge in [-0.05, 0) is 56.1 Å². The minimum Gasteiger partial charge on any atom is -0.393 e. The van der Waals surface area contributed by atoms with Crippen molar-refractivity contribution in [3.8, 4) is 0 Å². The van der Waals surface area contributed by atoms with E-state index in [1.54, 1.807) is 19.1 Å². The van der Waals surface area contributed by atoms with E-state index < -0.39 is 42.7 Å². The number of carbonyl (C=O) groups is 2. The Balaban J connectivity index is 1.65. The Bertz CT molecular complexity index is 889. The number of carbonyl (C=O) groups excluding carboxylic acids is 2. The highest BCUT2D eigenvalue weighted by atomic mass is 31.2. The lowest BCUT2D eigenvalue weighted by molar-refractivity contribution is -0.178. The third kappa shape index (κ3) is 3.12. The van der Waals surface area contributed by atoms with Gasteiger partial charge in [0.15, 0.2) is 11.6 Å². The second kappa shape index (κ2) is 6.92. The molecule has 4 aliphatic rings. The first-order valence-electron chi connectivity index (χ1n) is 10.4. The van der Waals surface area contributed by atoms with Crippen molar-refractivity contribution in [1.29, 1.82) is 0 Å². The number of rotatable bonds is 4. The molecule has 0 heterocycles. The second-order valence-corrected chi connectivity index (χ2v) is 11.0. The molecule has 9 heteroatoms. The summed E-state index contributed by atoms with van der Waals surface area (Å²) < 4.78 is 15.4. The highest BCUT2D eigenvalue weighted by Gasteiger charge is 2.68. The van der Waals surface area contributed by atoms with Gasteiger partial charge in [0, 0.05) is 16.7 Å². The zero-order chi connectivity index (χ0) is 22.1. The number of phosphoric acid groups is 1. The molecular formula is C21H29O8P. The van der Waals surface area contributed by atoms with Crippen LogP contribution in [0.5, 0.6) is 0 Å². The van der Waals surface area contributed by atoms with Gasteiger partial charge in [-0.15, -0.1) is 0 Å². The van der Waals surface area contributed by atoms with Crippen LogP contribution in [0.25, 0.3) is 0 Å². The normalized spacial score (nSPS) is 45.4. The van der Waals surface area contributed by atoms with Crippen LogP contribution in [-0.4, -0.2) is 49.9 Å². The molecule has 0 radical (unpaired) electrons. The van der Waals surface area contributed by atoms with Crippen LogP contribution in [0.4, 0.5) is 0 Å². The summed E-state index contributed by atoms with van der Waals surface area (Å²) in [4.78, 5) is 42.5. The highest BCUT2D eigenvalue weighted by Crippen LogP contribution is 2.67. The fourth-order valence-corrected chi connectivity index (χ4v) is 7.34. The number of aliphatic hydroxyl groups excluding tert-OH is 1. The molecule has 8 nitrogen and oxygen atoms in total. The fourth-order valence-electron chi connectivity index (χ4n) is 7.05. The molecule has 0 saturated heterocycles. The number of phosphoric ester groups is 1. The molecular weight excluding hydrogens is 411 g/mol. The second-order valence-electron chi connectivity index (χ2n) is 9.80. The van der Waals surface area contributed by atoms with Gasteiger partial charge in [-0.3, -0.25) is 14.1 Å². The summed E-state index contributed by atoms with van der Waals surface area (Å²) >= 11 is 0. The van der Waals surface area contributed by atoms with E-state index in [0.29, 0.717) is 6.42 Å². The van der Waals surface area contributed by atoms with Crippen molar-refractivity contribution in [2.45, 2.75) is 57.7 Å². The quantitative estimate of drug-likeness (QED) is 0.484. The number of hydrogen-bond acceptors (Lipinski definition) is 6. The highest BCUT2D eigenvalue weighted by molar-refractivity contribution is 7.46. The molecule has 0 bridgehead atoms. The number of hydrogen-bond donors (Lipinski definition) is 4. The Morgan fingerprint density at radius 1 is 1.30 bits per heavy atom. The molecule has 0 aromatic rings. The molecule has 0 aromatic carbocycles. The lowest BCUT2D eigenvalue weighted by Crippen LogP contribution is -2.61. The molecule has 30 heavy (non-hydrogen) atoms. The summed E-state index contributed by atoms with van der Waals surface area (Å²) in [7, 11) is -4.84. The summed E-state index contributed by atoms with van der Waals surface area (Å²) in [6.45, 7) is 2.97. The lowest BCUT2D eigenvalue weighted by atomic mass is 9.46. The maximum Gasteiger partial charge on any atom is 0.470 e. The molecule has 3 saturated carbocycles. The number of allylic oxidation sites excluding steroid dienone is 4. The lowest BCUT2D eigenvalue weighted by Gasteiger charge is -2.59. The van der Waals surface area contributed by atoms with Gasteiger partial charge in [-0.25, -0.2) is 4.57 Å². The van der Waals surface area contributed by atoms with Crippen LogP contribution < -0.4 is 0 Å². The molecule has 0 aliphatic heterocycles. The molecule has 0 aromatic heterocycles. The van der Waals surface area contributed by atoms with E-state index in [1.165, 1.54) is 0 Å². The largest absolute Gasteiger partial charge is 0.470 e. The van der Waals surface area contributed by atoms with Gasteiger partial charge in [-0.1, -0.05) is 25.5 Å². The van der Waals surface area contributed by atoms with Gasteiger partial charge in [0.25, 0.3) is 0 Å². The SMILES string of the molecule is CC12C=CC(=O)C=C1CCC1C2[C@@H](O)CC2(C)C1CC[C@]2(O)C(=O)COP(=O)(O)O. The van der Waals surface area contributed by atoms with Crippen molar-refractivity contribution >= 4 is 19.4 Å². The topological polar surface area (TPSA) is 141 Å². The zero-order valence-corrected chi connectivity index (χ0v) is 18.0. The van der Waals surface area contributed by atoms with Crippen LogP contribution in [0.2, 0.25) is 0 Å². The van der Waals surface area contributed by atoms with Crippen molar-refractivity contribution < 1.29 is 38.7 Å². The van der Waals surface area contributed by atoms with E-state index in [4.69, 9.17) is 9.79 Å². The molecule has 166 valence electrons. The summed E-state index contributed by atoms with van der Waals surface area (Å²) in [5.74, 6) is -0.888. The average molecular weight is 440 g/mol. The van der Waals surface area contributed by atoms with E-state index >= 15 is 0 Å². The summed E-state index contributed by atoms with van der Waals surface area (Å²) in [5.41, 5.74) is -2.15. The van der Waals surface area contributed by atoms with Crippen LogP contribution in [0.15, 0.2) is 23.8 Å². The predicted molar refractivity (Wildman–Crippen MR) is 106 cm³/mol. The fraction of sp³-hybridized carbons (Fsp3) is 0.714. The van der Waals surface area contributed by atoms with Gasteiger partial charge < -0.3 is 20.0 Å². The van der Waals surface area contributed by atoms with E-state index in [9.17, 15) is 24.4 Å². The van der Waals surface area contributed by atoms with Crippen LogP contribution in [0.3, 0.4) is 0 Å². The third-order valence-electron chi connectivity index (χ3n) is 8.47. The van der Waals surface area contributed by atoms with Gasteiger partial charge >= 0.3 is 7.82 Å². The molecule has 0 amide bonds. The Morgan fingerprint density at radius 3 is 2.67 bits per heavy atom. The monoisotopic (exact) mass is 440 g/mol. The molecule has 7 atom stereocenters. The van der Waals surface area contributed by atoms with Gasteiger partial charge in [0.1, 0.15) is 12.2 Å². The smallest absolute Gasteiger partial charge is 0.393 e. The number of ketones is 2. The van der Waals surface area contributed by atoms with Crippen LogP contribution in [0, 0.1) is 28.6 Å². The average Bonchev–Trinajstić information content (AvgIpc) is 2.91. The van der Waals surface area contributed by atoms with Crippen LogP contribution in [-0.2, 0) is 18.7 Å². The van der Waals surface area contributed by atoms with Crippen molar-refractivity contribution in [2.24, 2.45) is 28.6 Å². The summed E-state index contributed by atoms with van der Waals surface area (Å²) in [5, 5.41) is 22.6. The van der Waals surface area contributed by atoms with Gasteiger partial charge in [0.2, 0.25) is 0 Å². The summed E-state index contributed by atoms with van der Waals surface area (Å²) in [6, 6.07) is 0. The third-order valence-corrected chi connectivity index (χ3v) is 8.94. The van der Waals surface area contributed by atoms with Gasteiger partial charge in [-0.2, -0.15) is 0 Å². The van der Waals surface area contributed by atoms with E-state index in [2.05, 4.69) is 4.52 Å². The van der Waals surface area contributed by atoms with Crippen molar-refractivity contribution in [1.82, 2.24) is 0 Å². The first-order chi connectivity index (χ1) is 13.8. The minimum atomic E-state index is -4.84. The van der Waals surface area contributed by atoms with E-state index in [-0.39, 0.29) is 36.4 Å². The first-order valence-corrected chi connectivity index (χ1v) is 11.9. The molecule has 3 fully saturated rings. The van der Waals surface area contributed by atoms with Crippen LogP contribution >= 0.6 is 7.82 Å². The summed E-state index contributed by atoms with van der Waals surface area (Å²) in [6.07, 6.45) is 6.76. The molecule has 4 N–H and O–H groups in total. The Hall–Kier alpha value is -1.15. The number of fused-ring (bicyclic) bond motifs is 5. The van der Waals surface area contributed by atoms with E-state index in [0.717, 1.165) is 18.4 Å². The maximum absolute atomic E-state index is 12.8. The first kappa shape index (κ1) is 22.1. The van der Waals surface area contributed by atoms with Gasteiger partial charge in [0.05, 0.1) is 6.10 Å². The Morgan fingerprint density at radius 2 is 2.00 bits per heavy atom. The van der Waals surface area contributed by atoms with Crippen molar-refractivity contribution in [2.75, 3.05) is 6.61 Å². The minimum absolute atomic E-state index is 0.0284. The van der Waals surface area contributed by atoms with E-state index in [1.807, 2.05) is 13.0 Å². The number of aliphatic hydroxyl groups is 2. The Kier molecular flexibility index (Phi) is 5.09. The van der Waals surface area contributed by atoms with Crippen LogP contribution in [0.1, 0.15) is 46.0 Å². The Labute approximate surface area is 175 Å². The standard InChI is InChI=1S/C21H29O8P/c1-19-7-5-13(22)9-12(19)3-4-14-15-6-8-21(25,17(24)11-29-30(26,27)28)20(15,2)10-16(23)18(14)19/h5,7,9,14-16,18,23,25H,3-4,6,8,10-11H2,1-2H3,(H2,26,27,28)/t14?,15?,16-,18?,19?,20?,21-/m0/s1. The maximum atomic E-state index is 12.8.